The van der Waals surface area contributed by atoms with Crippen molar-refractivity contribution in [2.45, 2.75) is 58.8 Å². The molecule has 1 aliphatic rings. The van der Waals surface area contributed by atoms with Crippen LogP contribution in [0.3, 0.4) is 0 Å². The molecule has 0 aromatic carbocycles. The summed E-state index contributed by atoms with van der Waals surface area (Å²) < 4.78 is 37.1. The summed E-state index contributed by atoms with van der Waals surface area (Å²) in [6, 6.07) is 0.486. The van der Waals surface area contributed by atoms with E-state index in [-0.39, 0.29) is 18.0 Å². The summed E-state index contributed by atoms with van der Waals surface area (Å²) in [5, 5.41) is 3.43. The Morgan fingerprint density at radius 2 is 1.83 bits per heavy atom. The van der Waals surface area contributed by atoms with Crippen LogP contribution >= 0.6 is 0 Å². The van der Waals surface area contributed by atoms with Gasteiger partial charge in [-0.1, -0.05) is 27.7 Å². The van der Waals surface area contributed by atoms with Gasteiger partial charge in [0.15, 0.2) is 0 Å². The lowest BCUT2D eigenvalue weighted by Gasteiger charge is -2.46. The van der Waals surface area contributed by atoms with Crippen molar-refractivity contribution in [3.05, 3.63) is 0 Å². The fraction of sp³-hybridized carbons (Fsp3) is 1.00. The molecule has 2 atom stereocenters. The summed E-state index contributed by atoms with van der Waals surface area (Å²) in [6.07, 6.45) is -3.82. The largest absolute Gasteiger partial charge is 0.390 e. The molecule has 108 valence electrons. The predicted octanol–water partition coefficient (Wildman–Crippen LogP) is 3.04. The number of alkyl halides is 3. The molecule has 1 saturated heterocycles. The van der Waals surface area contributed by atoms with Crippen LogP contribution in [0.2, 0.25) is 0 Å². The quantitative estimate of drug-likeness (QED) is 0.844. The fourth-order valence-electron chi connectivity index (χ4n) is 2.53. The molecule has 0 radical (unpaired) electrons. The summed E-state index contributed by atoms with van der Waals surface area (Å²) in [4.78, 5) is 2.01. The SMILES string of the molecule is CCC1CN(CCC(F)(F)F)C(C(C)(C)C)CN1. The van der Waals surface area contributed by atoms with Crippen molar-refractivity contribution in [1.82, 2.24) is 10.2 Å². The van der Waals surface area contributed by atoms with Crippen LogP contribution in [0.4, 0.5) is 13.2 Å². The van der Waals surface area contributed by atoms with E-state index in [0.29, 0.717) is 12.6 Å². The van der Waals surface area contributed by atoms with Gasteiger partial charge in [0.2, 0.25) is 0 Å². The summed E-state index contributed by atoms with van der Waals surface area (Å²) >= 11 is 0. The minimum Gasteiger partial charge on any atom is -0.311 e. The first-order valence-corrected chi connectivity index (χ1v) is 6.67. The third-order valence-corrected chi connectivity index (χ3v) is 3.67. The van der Waals surface area contributed by atoms with Crippen LogP contribution < -0.4 is 5.32 Å². The first kappa shape index (κ1) is 15.8. The maximum atomic E-state index is 12.4. The average Bonchev–Trinajstić information content (AvgIpc) is 2.23. The number of nitrogens with zero attached hydrogens (tertiary/aromatic N) is 1. The van der Waals surface area contributed by atoms with Crippen LogP contribution in [0.1, 0.15) is 40.5 Å². The van der Waals surface area contributed by atoms with Crippen molar-refractivity contribution in [2.24, 2.45) is 5.41 Å². The van der Waals surface area contributed by atoms with Gasteiger partial charge in [-0.3, -0.25) is 4.90 Å². The highest BCUT2D eigenvalue weighted by Crippen LogP contribution is 2.29. The number of halogens is 3. The third-order valence-electron chi connectivity index (χ3n) is 3.67. The maximum Gasteiger partial charge on any atom is 0.390 e. The second kappa shape index (κ2) is 5.78. The third kappa shape index (κ3) is 4.76. The average molecular weight is 266 g/mol. The number of piperazine rings is 1. The minimum atomic E-state index is -4.06. The van der Waals surface area contributed by atoms with E-state index < -0.39 is 12.6 Å². The van der Waals surface area contributed by atoms with Crippen molar-refractivity contribution < 1.29 is 13.2 Å². The van der Waals surface area contributed by atoms with Gasteiger partial charge in [0.1, 0.15) is 0 Å². The van der Waals surface area contributed by atoms with Crippen LogP contribution in [-0.4, -0.2) is 42.8 Å². The summed E-state index contributed by atoms with van der Waals surface area (Å²) in [5.41, 5.74) is -0.00267. The molecule has 0 aromatic rings. The zero-order chi connectivity index (χ0) is 14.0. The standard InChI is InChI=1S/C13H25F3N2/c1-5-10-9-18(7-6-13(14,15)16)11(8-17-10)12(2,3)4/h10-11,17H,5-9H2,1-4H3. The molecule has 1 N–H and O–H groups in total. The zero-order valence-electron chi connectivity index (χ0n) is 11.8. The molecule has 0 amide bonds. The molecule has 0 spiro atoms. The Morgan fingerprint density at radius 1 is 1.22 bits per heavy atom. The molecular weight excluding hydrogens is 241 g/mol. The smallest absolute Gasteiger partial charge is 0.311 e. The Hall–Kier alpha value is -0.290. The molecule has 1 fully saturated rings. The minimum absolute atomic E-state index is 0.00267. The van der Waals surface area contributed by atoms with Gasteiger partial charge in [-0.05, 0) is 11.8 Å². The highest BCUT2D eigenvalue weighted by Gasteiger charge is 2.37. The van der Waals surface area contributed by atoms with E-state index in [1.54, 1.807) is 0 Å². The van der Waals surface area contributed by atoms with E-state index >= 15 is 0 Å². The van der Waals surface area contributed by atoms with Crippen molar-refractivity contribution in [2.75, 3.05) is 19.6 Å². The van der Waals surface area contributed by atoms with Gasteiger partial charge in [-0.15, -0.1) is 0 Å². The number of nitrogens with one attached hydrogen (secondary N) is 1. The zero-order valence-corrected chi connectivity index (χ0v) is 11.8. The molecule has 5 heteroatoms. The Bertz CT molecular complexity index is 258. The molecular formula is C13H25F3N2. The van der Waals surface area contributed by atoms with Crippen molar-refractivity contribution in [1.29, 1.82) is 0 Å². The number of rotatable bonds is 3. The first-order valence-electron chi connectivity index (χ1n) is 6.67. The van der Waals surface area contributed by atoms with Gasteiger partial charge >= 0.3 is 6.18 Å². The molecule has 0 aliphatic carbocycles. The number of hydrogen-bond donors (Lipinski definition) is 1. The fourth-order valence-corrected chi connectivity index (χ4v) is 2.53. The lowest BCUT2D eigenvalue weighted by atomic mass is 9.83. The summed E-state index contributed by atoms with van der Waals surface area (Å²) in [7, 11) is 0. The Labute approximate surface area is 108 Å². The van der Waals surface area contributed by atoms with Gasteiger partial charge < -0.3 is 5.32 Å². The van der Waals surface area contributed by atoms with E-state index in [9.17, 15) is 13.2 Å². The molecule has 18 heavy (non-hydrogen) atoms. The van der Waals surface area contributed by atoms with Crippen LogP contribution in [0.25, 0.3) is 0 Å². The van der Waals surface area contributed by atoms with Gasteiger partial charge in [-0.2, -0.15) is 13.2 Å². The second-order valence-corrected chi connectivity index (χ2v) is 6.26. The second-order valence-electron chi connectivity index (χ2n) is 6.26. The first-order chi connectivity index (χ1) is 8.13. The molecule has 1 aliphatic heterocycles. The molecule has 1 rings (SSSR count). The van der Waals surface area contributed by atoms with E-state index in [1.165, 1.54) is 0 Å². The normalized spacial score (nSPS) is 27.5. The topological polar surface area (TPSA) is 15.3 Å². The predicted molar refractivity (Wildman–Crippen MR) is 67.6 cm³/mol. The molecule has 0 bridgehead atoms. The van der Waals surface area contributed by atoms with Crippen molar-refractivity contribution >= 4 is 0 Å². The van der Waals surface area contributed by atoms with Crippen LogP contribution in [-0.2, 0) is 0 Å². The van der Waals surface area contributed by atoms with E-state index in [0.717, 1.165) is 13.0 Å². The highest BCUT2D eigenvalue weighted by atomic mass is 19.4. The summed E-state index contributed by atoms with van der Waals surface area (Å²) in [5.74, 6) is 0. The highest BCUT2D eigenvalue weighted by molar-refractivity contribution is 4.92. The monoisotopic (exact) mass is 266 g/mol. The lowest BCUT2D eigenvalue weighted by Crippen LogP contribution is -2.60. The van der Waals surface area contributed by atoms with Crippen molar-refractivity contribution in [3.8, 4) is 0 Å². The van der Waals surface area contributed by atoms with Gasteiger partial charge in [0, 0.05) is 31.7 Å². The van der Waals surface area contributed by atoms with Crippen LogP contribution in [0.15, 0.2) is 0 Å². The molecule has 0 saturated carbocycles. The Kier molecular flexibility index (Phi) is 5.06. The van der Waals surface area contributed by atoms with Crippen LogP contribution in [0.5, 0.6) is 0 Å². The van der Waals surface area contributed by atoms with E-state index in [2.05, 4.69) is 33.0 Å². The molecule has 2 nitrogen and oxygen atoms in total. The van der Waals surface area contributed by atoms with E-state index in [4.69, 9.17) is 0 Å². The molecule has 2 unspecified atom stereocenters. The van der Waals surface area contributed by atoms with Crippen LogP contribution in [0, 0.1) is 5.41 Å². The van der Waals surface area contributed by atoms with Gasteiger partial charge in [0.05, 0.1) is 6.42 Å². The number of hydrogen-bond acceptors (Lipinski definition) is 2. The van der Waals surface area contributed by atoms with E-state index in [1.807, 2.05) is 4.90 Å². The summed E-state index contributed by atoms with van der Waals surface area (Å²) in [6.45, 7) is 9.94. The molecule has 0 aromatic heterocycles. The Morgan fingerprint density at radius 3 is 2.28 bits per heavy atom. The lowest BCUT2D eigenvalue weighted by molar-refractivity contribution is -0.141. The van der Waals surface area contributed by atoms with Gasteiger partial charge in [-0.25, -0.2) is 0 Å². The van der Waals surface area contributed by atoms with Crippen molar-refractivity contribution in [3.63, 3.8) is 0 Å². The molecule has 1 heterocycles. The van der Waals surface area contributed by atoms with Gasteiger partial charge in [0.25, 0.3) is 0 Å². The Balaban J connectivity index is 2.66. The maximum absolute atomic E-state index is 12.4.